The summed E-state index contributed by atoms with van der Waals surface area (Å²) < 4.78 is 5.90. The maximum Gasteiger partial charge on any atom is 0.227 e. The van der Waals surface area contributed by atoms with Crippen molar-refractivity contribution in [2.45, 2.75) is 33.1 Å². The summed E-state index contributed by atoms with van der Waals surface area (Å²) in [6.07, 6.45) is 2.56. The Balaban J connectivity index is 2.31. The van der Waals surface area contributed by atoms with Crippen LogP contribution in [0, 0.1) is 0 Å². The van der Waals surface area contributed by atoms with Gasteiger partial charge in [0.1, 0.15) is 17.9 Å². The second kappa shape index (κ2) is 7.27. The van der Waals surface area contributed by atoms with Gasteiger partial charge >= 0.3 is 0 Å². The molecule has 2 rings (SSSR count). The molecule has 4 nitrogen and oxygen atoms in total. The van der Waals surface area contributed by atoms with Crippen LogP contribution in [0.15, 0.2) is 30.6 Å². The van der Waals surface area contributed by atoms with Gasteiger partial charge in [-0.2, -0.15) is 0 Å². The van der Waals surface area contributed by atoms with Gasteiger partial charge in [0.15, 0.2) is 0 Å². The first kappa shape index (κ1) is 15.6. The van der Waals surface area contributed by atoms with Gasteiger partial charge in [-0.25, -0.2) is 9.97 Å². The van der Waals surface area contributed by atoms with E-state index in [1.54, 1.807) is 12.1 Å². The second-order valence-corrected chi connectivity index (χ2v) is 5.51. The molecule has 1 aromatic carbocycles. The van der Waals surface area contributed by atoms with Crippen LogP contribution < -0.4 is 10.1 Å². The fraction of sp³-hybridized carbons (Fsp3) is 0.375. The summed E-state index contributed by atoms with van der Waals surface area (Å²) in [5, 5.41) is 4.01. The Hall–Kier alpha value is -1.81. The largest absolute Gasteiger partial charge is 0.439 e. The van der Waals surface area contributed by atoms with Crippen LogP contribution in [0.2, 0.25) is 5.02 Å². The van der Waals surface area contributed by atoms with Gasteiger partial charge in [-0.1, -0.05) is 32.4 Å². The van der Waals surface area contributed by atoms with Crippen LogP contribution in [0.4, 0.5) is 5.82 Å². The first-order valence-corrected chi connectivity index (χ1v) is 7.51. The number of aromatic nitrogens is 2. The summed E-state index contributed by atoms with van der Waals surface area (Å²) in [6, 6.07) is 7.24. The highest BCUT2D eigenvalue weighted by Crippen LogP contribution is 2.33. The summed E-state index contributed by atoms with van der Waals surface area (Å²) >= 11 is 5.89. The molecule has 0 aliphatic rings. The molecule has 0 bridgehead atoms. The lowest BCUT2D eigenvalue weighted by molar-refractivity contribution is 0.452. The van der Waals surface area contributed by atoms with Crippen molar-refractivity contribution in [2.24, 2.45) is 0 Å². The number of nitrogens with one attached hydrogen (secondary N) is 1. The number of benzene rings is 1. The Kier molecular flexibility index (Phi) is 5.39. The van der Waals surface area contributed by atoms with Gasteiger partial charge in [-0.05, 0) is 36.6 Å². The van der Waals surface area contributed by atoms with E-state index in [-0.39, 0.29) is 5.92 Å². The topological polar surface area (TPSA) is 47.0 Å². The van der Waals surface area contributed by atoms with Crippen molar-refractivity contribution in [2.75, 3.05) is 11.9 Å². The molecule has 1 heterocycles. The zero-order chi connectivity index (χ0) is 15.2. The number of hydrogen-bond acceptors (Lipinski definition) is 4. The molecule has 5 heteroatoms. The van der Waals surface area contributed by atoms with Gasteiger partial charge in [-0.15, -0.1) is 0 Å². The van der Waals surface area contributed by atoms with E-state index in [0.717, 1.165) is 24.3 Å². The van der Waals surface area contributed by atoms with Crippen molar-refractivity contribution in [1.82, 2.24) is 9.97 Å². The predicted octanol–water partition coefficient (Wildman–Crippen LogP) is 4.87. The highest BCUT2D eigenvalue weighted by molar-refractivity contribution is 6.30. The van der Waals surface area contributed by atoms with Crippen LogP contribution in [-0.4, -0.2) is 16.5 Å². The minimum atomic E-state index is 0.257. The van der Waals surface area contributed by atoms with Crippen LogP contribution in [0.25, 0.3) is 0 Å². The average Bonchev–Trinajstić information content (AvgIpc) is 2.47. The van der Waals surface area contributed by atoms with E-state index in [2.05, 4.69) is 36.1 Å². The molecule has 0 spiro atoms. The Morgan fingerprint density at radius 1 is 1.19 bits per heavy atom. The molecule has 0 atom stereocenters. The molecule has 21 heavy (non-hydrogen) atoms. The zero-order valence-corrected chi connectivity index (χ0v) is 13.3. The summed E-state index contributed by atoms with van der Waals surface area (Å²) in [7, 11) is 0. The fourth-order valence-corrected chi connectivity index (χ4v) is 2.11. The number of ether oxygens (including phenoxy) is 1. The van der Waals surface area contributed by atoms with Crippen molar-refractivity contribution >= 4 is 17.4 Å². The number of anilines is 1. The molecule has 0 saturated heterocycles. The monoisotopic (exact) mass is 305 g/mol. The molecule has 112 valence electrons. The Labute approximate surface area is 130 Å². The summed E-state index contributed by atoms with van der Waals surface area (Å²) in [6.45, 7) is 7.19. The predicted molar refractivity (Wildman–Crippen MR) is 86.4 cm³/mol. The lowest BCUT2D eigenvalue weighted by atomic mass is 10.1. The molecule has 1 N–H and O–H groups in total. The van der Waals surface area contributed by atoms with Crippen molar-refractivity contribution < 1.29 is 4.74 Å². The van der Waals surface area contributed by atoms with Gasteiger partial charge in [0, 0.05) is 11.6 Å². The van der Waals surface area contributed by atoms with Crippen molar-refractivity contribution in [1.29, 1.82) is 0 Å². The standard InChI is InChI=1S/C16H20ClN3O/c1-4-9-18-15-14(11(2)3)16(20-10-19-15)21-13-7-5-12(17)6-8-13/h5-8,10-11H,4,9H2,1-3H3,(H,18,19,20). The molecular formula is C16H20ClN3O. The van der Waals surface area contributed by atoms with Crippen molar-refractivity contribution in [3.8, 4) is 11.6 Å². The molecule has 0 unspecified atom stereocenters. The first-order valence-electron chi connectivity index (χ1n) is 7.14. The van der Waals surface area contributed by atoms with E-state index in [4.69, 9.17) is 16.3 Å². The van der Waals surface area contributed by atoms with Gasteiger partial charge < -0.3 is 10.1 Å². The molecule has 0 radical (unpaired) electrons. The molecule has 0 fully saturated rings. The SMILES string of the molecule is CCCNc1ncnc(Oc2ccc(Cl)cc2)c1C(C)C. The van der Waals surface area contributed by atoms with Crippen LogP contribution in [-0.2, 0) is 0 Å². The summed E-state index contributed by atoms with van der Waals surface area (Å²) in [5.74, 6) is 2.39. The number of hydrogen-bond donors (Lipinski definition) is 1. The molecule has 0 saturated carbocycles. The molecule has 0 aliphatic carbocycles. The summed E-state index contributed by atoms with van der Waals surface area (Å²) in [5.41, 5.74) is 0.987. The third-order valence-corrected chi connectivity index (χ3v) is 3.25. The first-order chi connectivity index (χ1) is 10.1. The van der Waals surface area contributed by atoms with E-state index in [0.29, 0.717) is 16.7 Å². The van der Waals surface area contributed by atoms with E-state index in [1.165, 1.54) is 6.33 Å². The van der Waals surface area contributed by atoms with E-state index in [9.17, 15) is 0 Å². The lowest BCUT2D eigenvalue weighted by Crippen LogP contribution is -2.08. The molecule has 0 aliphatic heterocycles. The maximum absolute atomic E-state index is 5.90. The van der Waals surface area contributed by atoms with Crippen LogP contribution in [0.5, 0.6) is 11.6 Å². The van der Waals surface area contributed by atoms with Gasteiger partial charge in [0.25, 0.3) is 0 Å². The Bertz CT molecular complexity index is 585. The summed E-state index contributed by atoms with van der Waals surface area (Å²) in [4.78, 5) is 8.61. The Morgan fingerprint density at radius 3 is 2.52 bits per heavy atom. The number of nitrogens with zero attached hydrogens (tertiary/aromatic N) is 2. The van der Waals surface area contributed by atoms with Crippen molar-refractivity contribution in [3.05, 3.63) is 41.2 Å². The van der Waals surface area contributed by atoms with Crippen molar-refractivity contribution in [3.63, 3.8) is 0 Å². The van der Waals surface area contributed by atoms with Crippen LogP contribution >= 0.6 is 11.6 Å². The normalized spacial score (nSPS) is 10.7. The smallest absolute Gasteiger partial charge is 0.227 e. The molecule has 1 aromatic heterocycles. The highest BCUT2D eigenvalue weighted by atomic mass is 35.5. The second-order valence-electron chi connectivity index (χ2n) is 5.08. The van der Waals surface area contributed by atoms with E-state index < -0.39 is 0 Å². The van der Waals surface area contributed by atoms with Gasteiger partial charge in [0.2, 0.25) is 5.88 Å². The Morgan fingerprint density at radius 2 is 1.90 bits per heavy atom. The minimum absolute atomic E-state index is 0.257. The third kappa shape index (κ3) is 4.08. The highest BCUT2D eigenvalue weighted by Gasteiger charge is 2.16. The van der Waals surface area contributed by atoms with E-state index >= 15 is 0 Å². The van der Waals surface area contributed by atoms with Crippen LogP contribution in [0.3, 0.4) is 0 Å². The third-order valence-electron chi connectivity index (χ3n) is 3.00. The maximum atomic E-state index is 5.90. The lowest BCUT2D eigenvalue weighted by Gasteiger charge is -2.16. The average molecular weight is 306 g/mol. The molecule has 0 amide bonds. The van der Waals surface area contributed by atoms with Crippen LogP contribution in [0.1, 0.15) is 38.7 Å². The van der Waals surface area contributed by atoms with E-state index in [1.807, 2.05) is 12.1 Å². The minimum Gasteiger partial charge on any atom is -0.439 e. The fourth-order valence-electron chi connectivity index (χ4n) is 1.98. The molecule has 2 aromatic rings. The molecular weight excluding hydrogens is 286 g/mol. The number of halogens is 1. The van der Waals surface area contributed by atoms with Gasteiger partial charge in [-0.3, -0.25) is 0 Å². The number of rotatable bonds is 6. The zero-order valence-electron chi connectivity index (χ0n) is 12.6. The quantitative estimate of drug-likeness (QED) is 0.827. The van der Waals surface area contributed by atoms with Gasteiger partial charge in [0.05, 0.1) is 5.56 Å².